The van der Waals surface area contributed by atoms with Crippen LogP contribution >= 0.6 is 12.2 Å². The van der Waals surface area contributed by atoms with Crippen molar-refractivity contribution >= 4 is 29.0 Å². The van der Waals surface area contributed by atoms with Gasteiger partial charge in [0.2, 0.25) is 0 Å². The lowest BCUT2D eigenvalue weighted by atomic mass is 9.85. The number of likely N-dealkylation sites (tertiary alicyclic amines) is 1. The van der Waals surface area contributed by atoms with E-state index < -0.39 is 11.4 Å². The number of carbonyl (C=O) groups excluding carboxylic acids is 2. The fourth-order valence-corrected chi connectivity index (χ4v) is 3.32. The smallest absolute Gasteiger partial charge is 0.281 e. The summed E-state index contributed by atoms with van der Waals surface area (Å²) in [7, 11) is 1.99. The zero-order valence-electron chi connectivity index (χ0n) is 11.7. The third-order valence-corrected chi connectivity index (χ3v) is 4.73. The van der Waals surface area contributed by atoms with Crippen molar-refractivity contribution in [2.75, 3.05) is 20.1 Å². The van der Waals surface area contributed by atoms with Crippen molar-refractivity contribution in [2.45, 2.75) is 18.4 Å². The summed E-state index contributed by atoms with van der Waals surface area (Å²) in [6.07, 6.45) is 2.63. The molecule has 0 radical (unpaired) electrons. The minimum Gasteiger partial charge on any atom is -0.391 e. The van der Waals surface area contributed by atoms with Crippen LogP contribution in [0.2, 0.25) is 0 Å². The molecule has 2 aliphatic heterocycles. The third-order valence-electron chi connectivity index (χ3n) is 4.35. The molecule has 1 aromatic rings. The second kappa shape index (κ2) is 4.85. The number of imide groups is 1. The number of aromatic nitrogens is 1. The van der Waals surface area contributed by atoms with Crippen molar-refractivity contribution in [3.05, 3.63) is 29.6 Å². The van der Waals surface area contributed by atoms with Crippen LogP contribution in [0, 0.1) is 0 Å². The Bertz CT molecular complexity index is 603. The molecule has 0 aromatic carbocycles. The van der Waals surface area contributed by atoms with Gasteiger partial charge >= 0.3 is 0 Å². The Labute approximate surface area is 127 Å². The van der Waals surface area contributed by atoms with Crippen LogP contribution in [0.3, 0.4) is 0 Å². The van der Waals surface area contributed by atoms with Crippen LogP contribution in [0.4, 0.5) is 0 Å². The van der Waals surface area contributed by atoms with Gasteiger partial charge in [-0.1, -0.05) is 12.2 Å². The minimum absolute atomic E-state index is 0.192. The summed E-state index contributed by atoms with van der Waals surface area (Å²) in [4.78, 5) is 32.8. The van der Waals surface area contributed by atoms with Crippen molar-refractivity contribution in [2.24, 2.45) is 5.73 Å². The average Bonchev–Trinajstić information content (AvgIpc) is 2.73. The number of carbonyl (C=O) groups is 2. The van der Waals surface area contributed by atoms with E-state index >= 15 is 0 Å². The summed E-state index contributed by atoms with van der Waals surface area (Å²) in [5, 5.41) is 0. The summed E-state index contributed by atoms with van der Waals surface area (Å²) in [5.41, 5.74) is 5.58. The maximum atomic E-state index is 12.6. The first-order valence-electron chi connectivity index (χ1n) is 6.80. The van der Waals surface area contributed by atoms with E-state index in [9.17, 15) is 9.59 Å². The Hall–Kier alpha value is -1.86. The molecule has 0 saturated carbocycles. The summed E-state index contributed by atoms with van der Waals surface area (Å²) in [6, 6.07) is 3.26. The largest absolute Gasteiger partial charge is 0.391 e. The number of thiocarbonyl (C=S) groups is 1. The molecule has 2 amide bonds. The Morgan fingerprint density at radius 2 is 2.00 bits per heavy atom. The van der Waals surface area contributed by atoms with Gasteiger partial charge in [0.1, 0.15) is 11.2 Å². The molecule has 2 N–H and O–H groups in total. The maximum Gasteiger partial charge on any atom is 0.281 e. The van der Waals surface area contributed by atoms with Crippen LogP contribution in [0.25, 0.3) is 0 Å². The topological polar surface area (TPSA) is 79.5 Å². The van der Waals surface area contributed by atoms with Crippen LogP contribution in [0.1, 0.15) is 33.7 Å². The standard InChI is InChI=1S/C14H16N4O2S/c1-17-7-4-14(5-8-17,13(15)21)18-11(19)9-3-2-6-16-10(9)12(18)20/h2-3,6H,4-5,7-8H2,1H3,(H2,15,21). The molecule has 2 aliphatic rings. The van der Waals surface area contributed by atoms with Crippen molar-refractivity contribution in [1.29, 1.82) is 0 Å². The SMILES string of the molecule is CN1CCC(C(N)=S)(N2C(=O)c3cccnc3C2=O)CC1. The van der Waals surface area contributed by atoms with Gasteiger partial charge in [-0.15, -0.1) is 0 Å². The molecule has 110 valence electrons. The number of hydrogen-bond donors (Lipinski definition) is 1. The van der Waals surface area contributed by atoms with Crippen LogP contribution in [0.15, 0.2) is 18.3 Å². The first-order chi connectivity index (χ1) is 9.97. The molecular weight excluding hydrogens is 288 g/mol. The van der Waals surface area contributed by atoms with E-state index in [1.54, 1.807) is 12.1 Å². The first kappa shape index (κ1) is 14.1. The Balaban J connectivity index is 2.05. The van der Waals surface area contributed by atoms with Gasteiger partial charge in [0.25, 0.3) is 11.8 Å². The highest BCUT2D eigenvalue weighted by atomic mass is 32.1. The van der Waals surface area contributed by atoms with Crippen molar-refractivity contribution < 1.29 is 9.59 Å². The maximum absolute atomic E-state index is 12.6. The quantitative estimate of drug-likeness (QED) is 0.630. The van der Waals surface area contributed by atoms with Crippen molar-refractivity contribution in [1.82, 2.24) is 14.8 Å². The molecule has 21 heavy (non-hydrogen) atoms. The Morgan fingerprint density at radius 1 is 1.33 bits per heavy atom. The zero-order chi connectivity index (χ0) is 15.2. The Kier molecular flexibility index (Phi) is 3.26. The molecule has 0 aliphatic carbocycles. The van der Waals surface area contributed by atoms with Gasteiger partial charge in [0.15, 0.2) is 0 Å². The summed E-state index contributed by atoms with van der Waals surface area (Å²) in [6.45, 7) is 1.47. The molecular formula is C14H16N4O2S. The van der Waals surface area contributed by atoms with Crippen LogP contribution in [0.5, 0.6) is 0 Å². The normalized spacial score (nSPS) is 21.5. The van der Waals surface area contributed by atoms with E-state index in [1.807, 2.05) is 7.05 Å². The van der Waals surface area contributed by atoms with E-state index in [0.717, 1.165) is 13.1 Å². The highest BCUT2D eigenvalue weighted by molar-refractivity contribution is 7.80. The number of nitrogens with two attached hydrogens (primary N) is 1. The number of hydrogen-bond acceptors (Lipinski definition) is 5. The number of piperidine rings is 1. The molecule has 6 nitrogen and oxygen atoms in total. The van der Waals surface area contributed by atoms with E-state index in [-0.39, 0.29) is 16.6 Å². The summed E-state index contributed by atoms with van der Waals surface area (Å²) < 4.78 is 0. The monoisotopic (exact) mass is 304 g/mol. The van der Waals surface area contributed by atoms with E-state index in [4.69, 9.17) is 18.0 Å². The lowest BCUT2D eigenvalue weighted by Crippen LogP contribution is -2.63. The van der Waals surface area contributed by atoms with Gasteiger partial charge in [-0.3, -0.25) is 19.5 Å². The van der Waals surface area contributed by atoms with Crippen LogP contribution in [-0.2, 0) is 0 Å². The fraction of sp³-hybridized carbons (Fsp3) is 0.429. The van der Waals surface area contributed by atoms with Crippen molar-refractivity contribution in [3.63, 3.8) is 0 Å². The van der Waals surface area contributed by atoms with Gasteiger partial charge in [0.05, 0.1) is 10.6 Å². The predicted molar refractivity (Wildman–Crippen MR) is 81.0 cm³/mol. The van der Waals surface area contributed by atoms with Gasteiger partial charge < -0.3 is 10.6 Å². The van der Waals surface area contributed by atoms with Gasteiger partial charge in [-0.25, -0.2) is 0 Å². The van der Waals surface area contributed by atoms with Gasteiger partial charge in [-0.2, -0.15) is 0 Å². The Morgan fingerprint density at radius 3 is 2.57 bits per heavy atom. The number of pyridine rings is 1. The number of amides is 2. The summed E-state index contributed by atoms with van der Waals surface area (Å²) in [5.74, 6) is -0.742. The van der Waals surface area contributed by atoms with Crippen LogP contribution in [-0.4, -0.2) is 57.3 Å². The van der Waals surface area contributed by atoms with E-state index in [1.165, 1.54) is 11.1 Å². The molecule has 3 rings (SSSR count). The zero-order valence-corrected chi connectivity index (χ0v) is 12.5. The average molecular weight is 304 g/mol. The molecule has 0 unspecified atom stereocenters. The molecule has 0 atom stereocenters. The number of rotatable bonds is 2. The second-order valence-corrected chi connectivity index (χ2v) is 5.98. The third kappa shape index (κ3) is 1.96. The molecule has 1 saturated heterocycles. The lowest BCUT2D eigenvalue weighted by molar-refractivity contribution is 0.0420. The summed E-state index contributed by atoms with van der Waals surface area (Å²) >= 11 is 5.21. The van der Waals surface area contributed by atoms with Gasteiger partial charge in [0, 0.05) is 19.3 Å². The second-order valence-electron chi connectivity index (χ2n) is 5.54. The molecule has 1 aromatic heterocycles. The minimum atomic E-state index is -0.878. The number of nitrogens with zero attached hydrogens (tertiary/aromatic N) is 3. The molecule has 7 heteroatoms. The van der Waals surface area contributed by atoms with Crippen molar-refractivity contribution in [3.8, 4) is 0 Å². The fourth-order valence-electron chi connectivity index (χ4n) is 3.02. The molecule has 0 spiro atoms. The van der Waals surface area contributed by atoms with Crippen LogP contribution < -0.4 is 5.73 Å². The highest BCUT2D eigenvalue weighted by Gasteiger charge is 2.52. The first-order valence-corrected chi connectivity index (χ1v) is 7.20. The van der Waals surface area contributed by atoms with E-state index in [2.05, 4.69) is 9.88 Å². The lowest BCUT2D eigenvalue weighted by Gasteiger charge is -2.44. The predicted octanol–water partition coefficient (Wildman–Crippen LogP) is 0.428. The number of fused-ring (bicyclic) bond motifs is 1. The van der Waals surface area contributed by atoms with Gasteiger partial charge in [-0.05, 0) is 32.0 Å². The van der Waals surface area contributed by atoms with E-state index in [0.29, 0.717) is 18.4 Å². The molecule has 1 fully saturated rings. The highest BCUT2D eigenvalue weighted by Crippen LogP contribution is 2.35. The molecule has 0 bridgehead atoms. The molecule has 3 heterocycles.